The molecule has 0 saturated carbocycles. The second-order valence-corrected chi connectivity index (χ2v) is 7.99. The number of carboxylic acids is 1. The molecule has 2 aromatic rings. The molecule has 0 spiro atoms. The fraction of sp³-hybridized carbons (Fsp3) is 0.450. The van der Waals surface area contributed by atoms with E-state index in [1.807, 2.05) is 30.9 Å². The molecule has 1 N–H and O–H groups in total. The predicted molar refractivity (Wildman–Crippen MR) is 103 cm³/mol. The first-order valence-corrected chi connectivity index (χ1v) is 9.42. The zero-order valence-corrected chi connectivity index (χ0v) is 16.5. The Hall–Kier alpha value is -2.34. The van der Waals surface area contributed by atoms with Crippen LogP contribution in [0.1, 0.15) is 54.3 Å². The summed E-state index contributed by atoms with van der Waals surface area (Å²) in [5, 5.41) is 14.1. The quantitative estimate of drug-likeness (QED) is 0.865. The molecule has 2 heterocycles. The zero-order valence-electron chi connectivity index (χ0n) is 15.8. The maximum Gasteiger partial charge on any atom is 0.339 e. The van der Waals surface area contributed by atoms with Crippen LogP contribution in [-0.2, 0) is 10.2 Å². The molecule has 1 amide bonds. The van der Waals surface area contributed by atoms with E-state index >= 15 is 0 Å². The van der Waals surface area contributed by atoms with Gasteiger partial charge < -0.3 is 10.0 Å². The van der Waals surface area contributed by atoms with Crippen LogP contribution in [0.4, 0.5) is 0 Å². The molecule has 0 aliphatic carbocycles. The van der Waals surface area contributed by atoms with Crippen molar-refractivity contribution in [1.82, 2.24) is 14.7 Å². The van der Waals surface area contributed by atoms with Gasteiger partial charge in [0.05, 0.1) is 23.3 Å². The lowest BCUT2D eigenvalue weighted by atomic mass is 9.82. The molecule has 1 aromatic heterocycles. The molecule has 1 aromatic carbocycles. The van der Waals surface area contributed by atoms with Gasteiger partial charge in [-0.15, -0.1) is 0 Å². The minimum Gasteiger partial charge on any atom is -0.478 e. The number of likely N-dealkylation sites (tertiary alicyclic amines) is 1. The third-order valence-electron chi connectivity index (χ3n) is 5.47. The smallest absolute Gasteiger partial charge is 0.339 e. The van der Waals surface area contributed by atoms with Gasteiger partial charge in [0.1, 0.15) is 5.56 Å². The maximum atomic E-state index is 13.1. The number of rotatable bonds is 4. The predicted octanol–water partition coefficient (Wildman–Crippen LogP) is 3.68. The standard InChI is InChI=1S/C20H24ClN3O3/c1-13-17(18(25)26)12-22-24(13)16-8-10-23(11-9-16)19(27)20(2,3)14-4-6-15(21)7-5-14/h4-7,12,16H,8-11H2,1-3H3,(H,25,26). The summed E-state index contributed by atoms with van der Waals surface area (Å²) in [6, 6.07) is 7.51. The van der Waals surface area contributed by atoms with E-state index in [1.165, 1.54) is 6.20 Å². The van der Waals surface area contributed by atoms with Gasteiger partial charge in [-0.05, 0) is 51.3 Å². The van der Waals surface area contributed by atoms with Crippen molar-refractivity contribution in [2.45, 2.75) is 45.1 Å². The number of carboxylic acid groups (broad SMARTS) is 1. The van der Waals surface area contributed by atoms with Gasteiger partial charge >= 0.3 is 5.97 Å². The van der Waals surface area contributed by atoms with Crippen LogP contribution in [0.5, 0.6) is 0 Å². The number of aromatic nitrogens is 2. The Morgan fingerprint density at radius 2 is 1.78 bits per heavy atom. The fourth-order valence-electron chi connectivity index (χ4n) is 3.70. The topological polar surface area (TPSA) is 75.4 Å². The summed E-state index contributed by atoms with van der Waals surface area (Å²) >= 11 is 5.96. The minimum atomic E-state index is -0.962. The number of nitrogens with zero attached hydrogens (tertiary/aromatic N) is 3. The summed E-state index contributed by atoms with van der Waals surface area (Å²) in [7, 11) is 0. The summed E-state index contributed by atoms with van der Waals surface area (Å²) in [6.45, 7) is 6.89. The lowest BCUT2D eigenvalue weighted by Crippen LogP contribution is -2.47. The van der Waals surface area contributed by atoms with Crippen LogP contribution < -0.4 is 0 Å². The minimum absolute atomic E-state index is 0.0895. The van der Waals surface area contributed by atoms with Gasteiger partial charge in [-0.3, -0.25) is 9.48 Å². The van der Waals surface area contributed by atoms with E-state index < -0.39 is 11.4 Å². The number of hydrogen-bond acceptors (Lipinski definition) is 3. The number of carbonyl (C=O) groups is 2. The molecule has 27 heavy (non-hydrogen) atoms. The molecule has 6 nitrogen and oxygen atoms in total. The monoisotopic (exact) mass is 389 g/mol. The van der Waals surface area contributed by atoms with E-state index in [0.29, 0.717) is 23.8 Å². The van der Waals surface area contributed by atoms with E-state index in [1.54, 1.807) is 23.7 Å². The second-order valence-electron chi connectivity index (χ2n) is 7.55. The first-order chi connectivity index (χ1) is 12.7. The third kappa shape index (κ3) is 3.72. The Kier molecular flexibility index (Phi) is 5.29. The Balaban J connectivity index is 1.69. The molecule has 7 heteroatoms. The van der Waals surface area contributed by atoms with Gasteiger partial charge in [-0.1, -0.05) is 23.7 Å². The average Bonchev–Trinajstić information content (AvgIpc) is 3.03. The van der Waals surface area contributed by atoms with Crippen molar-refractivity contribution in [3.8, 4) is 0 Å². The van der Waals surface area contributed by atoms with Crippen molar-refractivity contribution in [1.29, 1.82) is 0 Å². The lowest BCUT2D eigenvalue weighted by Gasteiger charge is -2.37. The molecule has 0 radical (unpaired) electrons. The molecule has 0 bridgehead atoms. The zero-order chi connectivity index (χ0) is 19.8. The molecular weight excluding hydrogens is 366 g/mol. The Bertz CT molecular complexity index is 850. The van der Waals surface area contributed by atoms with E-state index in [0.717, 1.165) is 18.4 Å². The number of amides is 1. The van der Waals surface area contributed by atoms with Crippen LogP contribution in [0, 0.1) is 6.92 Å². The Morgan fingerprint density at radius 1 is 1.19 bits per heavy atom. The van der Waals surface area contributed by atoms with Gasteiger partial charge in [-0.2, -0.15) is 5.10 Å². The van der Waals surface area contributed by atoms with Crippen molar-refractivity contribution in [3.05, 3.63) is 52.3 Å². The van der Waals surface area contributed by atoms with Crippen LogP contribution in [0.2, 0.25) is 5.02 Å². The Morgan fingerprint density at radius 3 is 2.30 bits per heavy atom. The number of piperidine rings is 1. The highest BCUT2D eigenvalue weighted by Gasteiger charge is 2.36. The molecule has 0 atom stereocenters. The van der Waals surface area contributed by atoms with Gasteiger partial charge in [0.2, 0.25) is 5.91 Å². The van der Waals surface area contributed by atoms with Crippen LogP contribution in [0.15, 0.2) is 30.5 Å². The third-order valence-corrected chi connectivity index (χ3v) is 5.73. The van der Waals surface area contributed by atoms with Crippen LogP contribution in [-0.4, -0.2) is 44.8 Å². The van der Waals surface area contributed by atoms with Gasteiger partial charge in [-0.25, -0.2) is 4.79 Å². The van der Waals surface area contributed by atoms with E-state index in [9.17, 15) is 14.7 Å². The molecule has 1 aliphatic rings. The van der Waals surface area contributed by atoms with Gasteiger partial charge in [0.15, 0.2) is 0 Å². The van der Waals surface area contributed by atoms with E-state index in [-0.39, 0.29) is 17.5 Å². The summed E-state index contributed by atoms with van der Waals surface area (Å²) in [5.74, 6) is -0.872. The molecule has 1 fully saturated rings. The molecule has 3 rings (SSSR count). The summed E-state index contributed by atoms with van der Waals surface area (Å²) in [5.41, 5.74) is 1.20. The number of benzene rings is 1. The highest BCUT2D eigenvalue weighted by molar-refractivity contribution is 6.30. The maximum absolute atomic E-state index is 13.1. The number of aromatic carboxylic acids is 1. The van der Waals surface area contributed by atoms with Gasteiger partial charge in [0.25, 0.3) is 0 Å². The Labute approximate surface area is 163 Å². The number of carbonyl (C=O) groups excluding carboxylic acids is 1. The van der Waals surface area contributed by atoms with Crippen LogP contribution >= 0.6 is 11.6 Å². The van der Waals surface area contributed by atoms with Gasteiger partial charge in [0, 0.05) is 18.1 Å². The molecule has 144 valence electrons. The average molecular weight is 390 g/mol. The van der Waals surface area contributed by atoms with Crippen LogP contribution in [0.25, 0.3) is 0 Å². The molecule has 0 unspecified atom stereocenters. The molecular formula is C20H24ClN3O3. The second kappa shape index (κ2) is 7.35. The van der Waals surface area contributed by atoms with Crippen molar-refractivity contribution >= 4 is 23.5 Å². The fourth-order valence-corrected chi connectivity index (χ4v) is 3.83. The van der Waals surface area contributed by atoms with Crippen molar-refractivity contribution in [3.63, 3.8) is 0 Å². The number of hydrogen-bond donors (Lipinski definition) is 1. The first kappa shape index (κ1) is 19.4. The van der Waals surface area contributed by atoms with E-state index in [4.69, 9.17) is 11.6 Å². The van der Waals surface area contributed by atoms with E-state index in [2.05, 4.69) is 5.10 Å². The normalized spacial score (nSPS) is 15.8. The van der Waals surface area contributed by atoms with Crippen molar-refractivity contribution < 1.29 is 14.7 Å². The highest BCUT2D eigenvalue weighted by atomic mass is 35.5. The molecule has 1 saturated heterocycles. The summed E-state index contributed by atoms with van der Waals surface area (Å²) < 4.78 is 1.79. The highest BCUT2D eigenvalue weighted by Crippen LogP contribution is 2.31. The number of halogens is 1. The van der Waals surface area contributed by atoms with Crippen molar-refractivity contribution in [2.75, 3.05) is 13.1 Å². The van der Waals surface area contributed by atoms with Crippen molar-refractivity contribution in [2.24, 2.45) is 0 Å². The summed E-state index contributed by atoms with van der Waals surface area (Å²) in [4.78, 5) is 26.2. The lowest BCUT2D eigenvalue weighted by molar-refractivity contribution is -0.137. The largest absolute Gasteiger partial charge is 0.478 e. The summed E-state index contributed by atoms with van der Waals surface area (Å²) in [6.07, 6.45) is 2.91. The SMILES string of the molecule is Cc1c(C(=O)O)cnn1C1CCN(C(=O)C(C)(C)c2ccc(Cl)cc2)CC1. The van der Waals surface area contributed by atoms with Crippen LogP contribution in [0.3, 0.4) is 0 Å². The molecule has 1 aliphatic heterocycles. The first-order valence-electron chi connectivity index (χ1n) is 9.04.